The average molecular weight is 464 g/mol. The molecule has 0 aliphatic carbocycles. The van der Waals surface area contributed by atoms with Gasteiger partial charge in [0.2, 0.25) is 0 Å². The summed E-state index contributed by atoms with van der Waals surface area (Å²) in [6.07, 6.45) is 4.00. The largest absolute Gasteiger partial charge is 0.335 e. The van der Waals surface area contributed by atoms with Gasteiger partial charge in [0.1, 0.15) is 5.57 Å². The predicted octanol–water partition coefficient (Wildman–Crippen LogP) is 4.47. The summed E-state index contributed by atoms with van der Waals surface area (Å²) < 4.78 is 2.81. The number of rotatable bonds is 4. The normalized spacial score (nSPS) is 15.6. The van der Waals surface area contributed by atoms with E-state index in [0.717, 1.165) is 20.6 Å². The van der Waals surface area contributed by atoms with Crippen LogP contribution in [0.2, 0.25) is 0 Å². The molecule has 4 rings (SSSR count). The predicted molar refractivity (Wildman–Crippen MR) is 118 cm³/mol. The van der Waals surface area contributed by atoms with Gasteiger partial charge < -0.3 is 4.57 Å². The van der Waals surface area contributed by atoms with Crippen molar-refractivity contribution < 1.29 is 14.4 Å². The van der Waals surface area contributed by atoms with Gasteiger partial charge in [-0.1, -0.05) is 41.1 Å². The molecule has 0 atom stereocenters. The number of carbonyl (C=O) groups excluding carboxylic acids is 3. The fourth-order valence-corrected chi connectivity index (χ4v) is 3.66. The molecule has 3 aromatic rings. The van der Waals surface area contributed by atoms with Crippen LogP contribution in [0.15, 0.2) is 76.9 Å². The maximum Gasteiger partial charge on any atom is 0.335 e. The minimum atomic E-state index is -0.744. The number of nitrogens with one attached hydrogen (secondary N) is 1. The van der Waals surface area contributed by atoms with E-state index in [4.69, 9.17) is 0 Å². The van der Waals surface area contributed by atoms with Crippen molar-refractivity contribution in [1.29, 1.82) is 0 Å². The second-order valence-electron chi connectivity index (χ2n) is 6.72. The first kappa shape index (κ1) is 19.8. The number of benzene rings is 2. The summed E-state index contributed by atoms with van der Waals surface area (Å²) in [4.78, 5) is 39.2. The van der Waals surface area contributed by atoms with Gasteiger partial charge in [0.15, 0.2) is 0 Å². The van der Waals surface area contributed by atoms with Gasteiger partial charge in [-0.05, 0) is 60.5 Å². The van der Waals surface area contributed by atoms with E-state index < -0.39 is 17.8 Å². The summed E-state index contributed by atoms with van der Waals surface area (Å²) >= 11 is 3.41. The van der Waals surface area contributed by atoms with Gasteiger partial charge in [-0.2, -0.15) is 0 Å². The number of hydrogen-bond donors (Lipinski definition) is 1. The number of aryl methyl sites for hydroxylation is 1. The van der Waals surface area contributed by atoms with E-state index in [2.05, 4.69) is 21.2 Å². The van der Waals surface area contributed by atoms with Crippen molar-refractivity contribution in [3.63, 3.8) is 0 Å². The Hall–Kier alpha value is -3.45. The highest BCUT2D eigenvalue weighted by molar-refractivity contribution is 9.10. The first-order valence-electron chi connectivity index (χ1n) is 9.42. The summed E-state index contributed by atoms with van der Waals surface area (Å²) in [7, 11) is 0. The zero-order valence-electron chi connectivity index (χ0n) is 16.1. The topological polar surface area (TPSA) is 71.4 Å². The van der Waals surface area contributed by atoms with Gasteiger partial charge in [0.05, 0.1) is 5.69 Å². The van der Waals surface area contributed by atoms with Crippen LogP contribution < -0.4 is 10.2 Å². The second kappa shape index (κ2) is 8.12. The molecule has 1 aromatic heterocycles. The number of nitrogens with zero attached hydrogens (tertiary/aromatic N) is 2. The fourth-order valence-electron chi connectivity index (χ4n) is 3.40. The van der Waals surface area contributed by atoms with Crippen molar-refractivity contribution in [3.8, 4) is 5.69 Å². The fraction of sp³-hybridized carbons (Fsp3) is 0.0870. The number of amides is 4. The van der Waals surface area contributed by atoms with Crippen LogP contribution in [0.25, 0.3) is 11.8 Å². The number of carbonyl (C=O) groups is 3. The minimum Gasteiger partial charge on any atom is -0.317 e. The Bertz CT molecular complexity index is 1180. The molecule has 1 aliphatic rings. The Morgan fingerprint density at radius 1 is 0.967 bits per heavy atom. The van der Waals surface area contributed by atoms with E-state index in [9.17, 15) is 14.4 Å². The van der Waals surface area contributed by atoms with E-state index in [1.165, 1.54) is 6.08 Å². The molecule has 0 spiro atoms. The van der Waals surface area contributed by atoms with Gasteiger partial charge in [-0.25, -0.2) is 9.69 Å². The quantitative estimate of drug-likeness (QED) is 0.458. The Morgan fingerprint density at radius 3 is 2.43 bits per heavy atom. The van der Waals surface area contributed by atoms with Crippen LogP contribution in [0.3, 0.4) is 0 Å². The lowest BCUT2D eigenvalue weighted by Crippen LogP contribution is -2.54. The summed E-state index contributed by atoms with van der Waals surface area (Å²) in [5, 5.41) is 2.28. The number of imide groups is 2. The molecule has 0 saturated carbocycles. The van der Waals surface area contributed by atoms with Crippen LogP contribution in [-0.4, -0.2) is 22.4 Å². The van der Waals surface area contributed by atoms with Crippen molar-refractivity contribution in [2.24, 2.45) is 0 Å². The molecule has 0 unspecified atom stereocenters. The highest BCUT2D eigenvalue weighted by atomic mass is 79.9. The number of barbiturate groups is 1. The zero-order chi connectivity index (χ0) is 21.3. The molecule has 150 valence electrons. The Labute approximate surface area is 181 Å². The van der Waals surface area contributed by atoms with Gasteiger partial charge in [-0.3, -0.25) is 14.9 Å². The van der Waals surface area contributed by atoms with Crippen LogP contribution >= 0.6 is 15.9 Å². The maximum absolute atomic E-state index is 13.2. The number of aromatic nitrogens is 1. The highest BCUT2D eigenvalue weighted by Crippen LogP contribution is 2.26. The van der Waals surface area contributed by atoms with Gasteiger partial charge in [-0.15, -0.1) is 0 Å². The smallest absolute Gasteiger partial charge is 0.317 e. The summed E-state index contributed by atoms with van der Waals surface area (Å²) in [5.41, 5.74) is 2.74. The first-order chi connectivity index (χ1) is 14.5. The van der Waals surface area contributed by atoms with E-state index in [1.807, 2.05) is 60.2 Å². The van der Waals surface area contributed by atoms with Crippen molar-refractivity contribution in [2.75, 3.05) is 4.90 Å². The van der Waals surface area contributed by atoms with E-state index in [0.29, 0.717) is 17.8 Å². The summed E-state index contributed by atoms with van der Waals surface area (Å²) in [5.74, 6) is -1.35. The van der Waals surface area contributed by atoms with Crippen molar-refractivity contribution in [1.82, 2.24) is 9.88 Å². The number of anilines is 1. The number of halogens is 1. The highest BCUT2D eigenvalue weighted by Gasteiger charge is 2.37. The van der Waals surface area contributed by atoms with Crippen LogP contribution in [0.5, 0.6) is 0 Å². The lowest BCUT2D eigenvalue weighted by molar-refractivity contribution is -0.122. The second-order valence-corrected chi connectivity index (χ2v) is 7.64. The van der Waals surface area contributed by atoms with Crippen molar-refractivity contribution in [2.45, 2.75) is 13.3 Å². The number of urea groups is 1. The van der Waals surface area contributed by atoms with Crippen LogP contribution in [0.1, 0.15) is 18.2 Å². The van der Waals surface area contributed by atoms with E-state index in [1.54, 1.807) is 18.2 Å². The molecule has 1 N–H and O–H groups in total. The SMILES string of the molecule is CCc1ccccc1N1C(=O)NC(=O)/C(=C\c2cccn2-c2ccc(Br)cc2)C1=O. The van der Waals surface area contributed by atoms with E-state index >= 15 is 0 Å². The molecule has 4 amide bonds. The standard InChI is InChI=1S/C23H18BrN3O3/c1-2-15-6-3-4-8-20(15)27-22(29)19(21(28)25-23(27)30)14-18-7-5-13-26(18)17-11-9-16(24)10-12-17/h3-14H,2H2,1H3,(H,25,28,30)/b19-14+. The third kappa shape index (κ3) is 3.59. The van der Waals surface area contributed by atoms with Gasteiger partial charge in [0.25, 0.3) is 11.8 Å². The van der Waals surface area contributed by atoms with Crippen LogP contribution in [-0.2, 0) is 16.0 Å². The monoisotopic (exact) mass is 463 g/mol. The van der Waals surface area contributed by atoms with Gasteiger partial charge >= 0.3 is 6.03 Å². The van der Waals surface area contributed by atoms with Gasteiger partial charge in [0, 0.05) is 22.1 Å². The van der Waals surface area contributed by atoms with E-state index in [-0.39, 0.29) is 5.57 Å². The molecule has 0 radical (unpaired) electrons. The maximum atomic E-state index is 13.2. The van der Waals surface area contributed by atoms with Crippen molar-refractivity contribution in [3.05, 3.63) is 88.2 Å². The molecule has 2 aromatic carbocycles. The number of hydrogen-bond acceptors (Lipinski definition) is 3. The van der Waals surface area contributed by atoms with Crippen LogP contribution in [0.4, 0.5) is 10.5 Å². The van der Waals surface area contributed by atoms with Crippen LogP contribution in [0, 0.1) is 0 Å². The molecule has 1 saturated heterocycles. The molecular formula is C23H18BrN3O3. The Morgan fingerprint density at radius 2 is 1.70 bits per heavy atom. The molecule has 0 bridgehead atoms. The lowest BCUT2D eigenvalue weighted by atomic mass is 10.1. The molecule has 6 nitrogen and oxygen atoms in total. The molecule has 30 heavy (non-hydrogen) atoms. The molecule has 7 heteroatoms. The molecule has 1 aliphatic heterocycles. The Balaban J connectivity index is 1.76. The number of para-hydroxylation sites is 1. The zero-order valence-corrected chi connectivity index (χ0v) is 17.7. The molecule has 1 fully saturated rings. The molecular weight excluding hydrogens is 446 g/mol. The Kier molecular flexibility index (Phi) is 5.37. The lowest BCUT2D eigenvalue weighted by Gasteiger charge is -2.28. The summed E-state index contributed by atoms with van der Waals surface area (Å²) in [6.45, 7) is 1.94. The third-order valence-electron chi connectivity index (χ3n) is 4.89. The minimum absolute atomic E-state index is 0.0995. The van der Waals surface area contributed by atoms with Crippen molar-refractivity contribution >= 4 is 45.5 Å². The average Bonchev–Trinajstić information content (AvgIpc) is 3.20. The third-order valence-corrected chi connectivity index (χ3v) is 5.42. The first-order valence-corrected chi connectivity index (χ1v) is 10.2. The molecule has 2 heterocycles. The summed E-state index contributed by atoms with van der Waals surface area (Å²) in [6, 6.07) is 17.7.